The molecule has 3 aromatic rings. The maximum absolute atomic E-state index is 12.4. The number of aromatic amines is 1. The van der Waals surface area contributed by atoms with Gasteiger partial charge in [0.05, 0.1) is 23.6 Å². The lowest BCUT2D eigenvalue weighted by Crippen LogP contribution is -2.32. The molecule has 1 aliphatic rings. The first kappa shape index (κ1) is 17.7. The monoisotopic (exact) mass is 389 g/mol. The van der Waals surface area contributed by atoms with Crippen LogP contribution in [-0.2, 0) is 17.8 Å². The van der Waals surface area contributed by atoms with E-state index in [-0.39, 0.29) is 11.7 Å². The lowest BCUT2D eigenvalue weighted by Gasteiger charge is -2.24. The normalized spacial score (nSPS) is 17.4. The van der Waals surface area contributed by atoms with Crippen LogP contribution in [0.5, 0.6) is 0 Å². The van der Waals surface area contributed by atoms with Crippen molar-refractivity contribution < 1.29 is 4.74 Å². The highest BCUT2D eigenvalue weighted by atomic mass is 35.5. The van der Waals surface area contributed by atoms with Gasteiger partial charge in [-0.15, -0.1) is 11.3 Å². The smallest absolute Gasteiger partial charge is 0.258 e. The molecule has 0 amide bonds. The van der Waals surface area contributed by atoms with Gasteiger partial charge in [0.15, 0.2) is 0 Å². The van der Waals surface area contributed by atoms with Crippen molar-refractivity contribution in [3.8, 4) is 0 Å². The lowest BCUT2D eigenvalue weighted by molar-refractivity contribution is 0.0674. The van der Waals surface area contributed by atoms with Crippen molar-refractivity contribution >= 4 is 33.8 Å². The second-order valence-corrected chi connectivity index (χ2v) is 8.03. The van der Waals surface area contributed by atoms with Gasteiger partial charge in [-0.1, -0.05) is 17.7 Å². The Labute approximate surface area is 160 Å². The molecule has 5 nitrogen and oxygen atoms in total. The van der Waals surface area contributed by atoms with E-state index in [1.54, 1.807) is 29.5 Å². The Hall–Kier alpha value is -1.73. The van der Waals surface area contributed by atoms with E-state index in [0.717, 1.165) is 32.5 Å². The van der Waals surface area contributed by atoms with Gasteiger partial charge < -0.3 is 9.72 Å². The zero-order valence-electron chi connectivity index (χ0n) is 14.3. The number of nitrogens with zero attached hydrogens (tertiary/aromatic N) is 2. The highest BCUT2D eigenvalue weighted by molar-refractivity contribution is 7.09. The van der Waals surface area contributed by atoms with E-state index in [1.807, 2.05) is 0 Å². The van der Waals surface area contributed by atoms with Gasteiger partial charge in [-0.3, -0.25) is 9.69 Å². The average Bonchev–Trinajstić information content (AvgIpc) is 3.28. The van der Waals surface area contributed by atoms with E-state index in [4.69, 9.17) is 16.3 Å². The summed E-state index contributed by atoms with van der Waals surface area (Å²) in [6.45, 7) is 3.04. The number of aromatic nitrogens is 2. The zero-order valence-corrected chi connectivity index (χ0v) is 15.9. The molecule has 1 aliphatic heterocycles. The number of fused-ring (bicyclic) bond motifs is 1. The van der Waals surface area contributed by atoms with Crippen molar-refractivity contribution in [2.24, 2.45) is 0 Å². The quantitative estimate of drug-likeness (QED) is 0.696. The minimum atomic E-state index is -0.130. The predicted octanol–water partition coefficient (Wildman–Crippen LogP) is 3.82. The van der Waals surface area contributed by atoms with E-state index in [1.165, 1.54) is 4.88 Å². The number of thiophene rings is 1. The molecule has 0 spiro atoms. The molecule has 1 fully saturated rings. The van der Waals surface area contributed by atoms with Crippen LogP contribution in [0.1, 0.15) is 23.5 Å². The Morgan fingerprint density at radius 2 is 2.27 bits per heavy atom. The van der Waals surface area contributed by atoms with Crippen molar-refractivity contribution in [3.05, 3.63) is 61.8 Å². The van der Waals surface area contributed by atoms with Gasteiger partial charge in [-0.2, -0.15) is 0 Å². The first-order valence-electron chi connectivity index (χ1n) is 8.72. The molecule has 0 saturated carbocycles. The van der Waals surface area contributed by atoms with Crippen molar-refractivity contribution in [2.75, 3.05) is 13.2 Å². The fourth-order valence-electron chi connectivity index (χ4n) is 3.33. The third-order valence-corrected chi connectivity index (χ3v) is 5.63. The van der Waals surface area contributed by atoms with Crippen LogP contribution in [0.15, 0.2) is 40.5 Å². The summed E-state index contributed by atoms with van der Waals surface area (Å²) in [5.41, 5.74) is 0.499. The topological polar surface area (TPSA) is 58.2 Å². The second-order valence-electron chi connectivity index (χ2n) is 6.56. The fourth-order valence-corrected chi connectivity index (χ4v) is 4.24. The highest BCUT2D eigenvalue weighted by Gasteiger charge is 2.20. The average molecular weight is 390 g/mol. The predicted molar refractivity (Wildman–Crippen MR) is 105 cm³/mol. The van der Waals surface area contributed by atoms with Gasteiger partial charge in [-0.25, -0.2) is 4.98 Å². The molecule has 1 saturated heterocycles. The number of rotatable bonds is 6. The number of ether oxygens (including phenoxy) is 1. The molecule has 0 unspecified atom stereocenters. The maximum atomic E-state index is 12.4. The molecule has 0 radical (unpaired) electrons. The van der Waals surface area contributed by atoms with Gasteiger partial charge in [0, 0.05) is 29.6 Å². The summed E-state index contributed by atoms with van der Waals surface area (Å²) in [4.78, 5) is 23.5. The van der Waals surface area contributed by atoms with Crippen LogP contribution >= 0.6 is 22.9 Å². The number of hydrogen-bond acceptors (Lipinski definition) is 5. The lowest BCUT2D eigenvalue weighted by atomic mass is 10.2. The Bertz CT molecular complexity index is 936. The summed E-state index contributed by atoms with van der Waals surface area (Å²) in [6.07, 6.45) is 2.44. The van der Waals surface area contributed by atoms with Crippen LogP contribution in [0.25, 0.3) is 10.9 Å². The third-order valence-electron chi connectivity index (χ3n) is 4.54. The maximum Gasteiger partial charge on any atom is 0.258 e. The molecule has 136 valence electrons. The summed E-state index contributed by atoms with van der Waals surface area (Å²) in [5.74, 6) is 0.652. The molecule has 7 heteroatoms. The summed E-state index contributed by atoms with van der Waals surface area (Å²) >= 11 is 7.79. The van der Waals surface area contributed by atoms with Gasteiger partial charge >= 0.3 is 0 Å². The Kier molecular flexibility index (Phi) is 5.36. The van der Waals surface area contributed by atoms with Gasteiger partial charge in [0.2, 0.25) is 0 Å². The number of halogens is 1. The Morgan fingerprint density at radius 1 is 1.35 bits per heavy atom. The molecule has 1 aromatic carbocycles. The van der Waals surface area contributed by atoms with Crippen LogP contribution in [0, 0.1) is 0 Å². The minimum absolute atomic E-state index is 0.130. The van der Waals surface area contributed by atoms with E-state index in [2.05, 4.69) is 32.4 Å². The molecule has 3 heterocycles. The molecular formula is C19H20ClN3O2S. The van der Waals surface area contributed by atoms with Crippen molar-refractivity contribution in [3.63, 3.8) is 0 Å². The summed E-state index contributed by atoms with van der Waals surface area (Å²) < 4.78 is 5.80. The second kappa shape index (κ2) is 7.88. The van der Waals surface area contributed by atoms with Crippen LogP contribution in [0.2, 0.25) is 5.02 Å². The molecule has 26 heavy (non-hydrogen) atoms. The Morgan fingerprint density at radius 3 is 3.04 bits per heavy atom. The third kappa shape index (κ3) is 4.15. The standard InChI is InChI=1S/C19H20ClN3O2S/c20-13-5-6-16-17(9-13)21-18(22-19(16)24)12-23(10-14-3-1-7-25-14)11-15-4-2-8-26-15/h2,4-6,8-9,14H,1,3,7,10-12H2,(H,21,22,24)/t14-/m0/s1. The number of nitrogens with one attached hydrogen (secondary N) is 1. The SMILES string of the molecule is O=c1[nH]c(CN(Cc2cccs2)C[C@@H]2CCCO2)nc2cc(Cl)ccc12. The number of hydrogen-bond donors (Lipinski definition) is 1. The van der Waals surface area contributed by atoms with Crippen molar-refractivity contribution in [1.29, 1.82) is 0 Å². The van der Waals surface area contributed by atoms with Gasteiger partial charge in [0.1, 0.15) is 5.82 Å². The number of H-pyrrole nitrogens is 1. The van der Waals surface area contributed by atoms with E-state index in [9.17, 15) is 4.79 Å². The first-order valence-corrected chi connectivity index (χ1v) is 9.98. The van der Waals surface area contributed by atoms with Crippen LogP contribution in [0.4, 0.5) is 0 Å². The van der Waals surface area contributed by atoms with Gasteiger partial charge in [0.25, 0.3) is 5.56 Å². The highest BCUT2D eigenvalue weighted by Crippen LogP contribution is 2.19. The van der Waals surface area contributed by atoms with E-state index < -0.39 is 0 Å². The fraction of sp³-hybridized carbons (Fsp3) is 0.368. The molecule has 1 N–H and O–H groups in total. The van der Waals surface area contributed by atoms with E-state index in [0.29, 0.717) is 28.3 Å². The first-order chi connectivity index (χ1) is 12.7. The molecule has 1 atom stereocenters. The number of benzene rings is 1. The molecule has 0 bridgehead atoms. The zero-order chi connectivity index (χ0) is 17.9. The van der Waals surface area contributed by atoms with Crippen LogP contribution in [0.3, 0.4) is 0 Å². The Balaban J connectivity index is 1.59. The molecule has 2 aromatic heterocycles. The summed E-state index contributed by atoms with van der Waals surface area (Å²) in [7, 11) is 0. The molecule has 0 aliphatic carbocycles. The van der Waals surface area contributed by atoms with E-state index >= 15 is 0 Å². The summed E-state index contributed by atoms with van der Waals surface area (Å²) in [5, 5.41) is 3.22. The molecular weight excluding hydrogens is 370 g/mol. The van der Waals surface area contributed by atoms with Gasteiger partial charge in [-0.05, 0) is 42.5 Å². The van der Waals surface area contributed by atoms with Crippen LogP contribution < -0.4 is 5.56 Å². The summed E-state index contributed by atoms with van der Waals surface area (Å²) in [6, 6.07) is 9.34. The minimum Gasteiger partial charge on any atom is -0.377 e. The van der Waals surface area contributed by atoms with Crippen LogP contribution in [-0.4, -0.2) is 34.1 Å². The van der Waals surface area contributed by atoms with Crippen molar-refractivity contribution in [1.82, 2.24) is 14.9 Å². The molecule has 4 rings (SSSR count). The van der Waals surface area contributed by atoms with Crippen molar-refractivity contribution in [2.45, 2.75) is 32.0 Å². The largest absolute Gasteiger partial charge is 0.377 e.